The number of hydrogen-bond donors (Lipinski definition) is 0. The van der Waals surface area contributed by atoms with Crippen molar-refractivity contribution in [1.29, 1.82) is 0 Å². The number of methoxy groups -OCH3 is 1. The molecule has 0 radical (unpaired) electrons. The van der Waals surface area contributed by atoms with Gasteiger partial charge in [0.2, 0.25) is 0 Å². The number of fused-ring (bicyclic) bond motifs is 1. The predicted octanol–water partition coefficient (Wildman–Crippen LogP) is 2.30. The second kappa shape index (κ2) is 5.38. The van der Waals surface area contributed by atoms with Crippen LogP contribution in [0.1, 0.15) is 11.8 Å². The second-order valence-corrected chi connectivity index (χ2v) is 5.36. The lowest BCUT2D eigenvalue weighted by atomic mass is 10.1. The molecule has 0 saturated heterocycles. The number of rotatable bonds is 4. The van der Waals surface area contributed by atoms with E-state index in [9.17, 15) is 4.21 Å². The van der Waals surface area contributed by atoms with Gasteiger partial charge in [-0.15, -0.1) is 0 Å². The Bertz CT molecular complexity index is 536. The smallest absolute Gasteiger partial charge is 0.111 e. The normalized spacial score (nSPS) is 14.7. The molecule has 0 amide bonds. The van der Waals surface area contributed by atoms with Gasteiger partial charge in [-0.05, 0) is 11.5 Å². The van der Waals surface area contributed by atoms with E-state index in [0.29, 0.717) is 5.75 Å². The van der Waals surface area contributed by atoms with Crippen molar-refractivity contribution in [3.63, 3.8) is 0 Å². The first-order valence-corrected chi connectivity index (χ1v) is 7.11. The molecule has 0 saturated carbocycles. The minimum atomic E-state index is -0.904. The molecule has 0 spiro atoms. The van der Waals surface area contributed by atoms with Crippen LogP contribution in [0.15, 0.2) is 36.5 Å². The first kappa shape index (κ1) is 12.2. The number of nitrogens with zero attached hydrogens (tertiary/aromatic N) is 1. The zero-order chi connectivity index (χ0) is 12.3. The molecule has 0 fully saturated rings. The van der Waals surface area contributed by atoms with E-state index < -0.39 is 10.8 Å². The van der Waals surface area contributed by atoms with Crippen LogP contribution >= 0.6 is 0 Å². The summed E-state index contributed by atoms with van der Waals surface area (Å²) in [7, 11) is 0.722. The van der Waals surface area contributed by atoms with Crippen LogP contribution in [0.5, 0.6) is 0 Å². The van der Waals surface area contributed by atoms with Crippen LogP contribution in [0.3, 0.4) is 0 Å². The fourth-order valence-corrected chi connectivity index (χ4v) is 2.59. The molecule has 2 unspecified atom stereocenters. The molecule has 2 atom stereocenters. The Morgan fingerprint density at radius 3 is 2.82 bits per heavy atom. The Morgan fingerprint density at radius 1 is 1.35 bits per heavy atom. The third-order valence-corrected chi connectivity index (χ3v) is 3.45. The third kappa shape index (κ3) is 2.70. The summed E-state index contributed by atoms with van der Waals surface area (Å²) >= 11 is 0. The molecule has 0 aliphatic carbocycles. The van der Waals surface area contributed by atoms with Gasteiger partial charge in [0.25, 0.3) is 0 Å². The van der Waals surface area contributed by atoms with Crippen LogP contribution in [0.2, 0.25) is 0 Å². The van der Waals surface area contributed by atoms with Crippen molar-refractivity contribution >= 4 is 21.6 Å². The Morgan fingerprint density at radius 2 is 2.12 bits per heavy atom. The summed E-state index contributed by atoms with van der Waals surface area (Å²) in [6.45, 7) is 0. The van der Waals surface area contributed by atoms with E-state index in [4.69, 9.17) is 4.74 Å². The largest absolute Gasteiger partial charge is 0.374 e. The Balaban J connectivity index is 2.49. The van der Waals surface area contributed by atoms with Crippen LogP contribution in [-0.4, -0.2) is 28.3 Å². The molecule has 3 nitrogen and oxygen atoms in total. The summed E-state index contributed by atoms with van der Waals surface area (Å²) in [5, 5.41) is 2.19. The molecular formula is C13H15NO2S. The first-order valence-electron chi connectivity index (χ1n) is 5.39. The van der Waals surface area contributed by atoms with E-state index in [1.807, 2.05) is 30.3 Å². The van der Waals surface area contributed by atoms with Gasteiger partial charge in [-0.2, -0.15) is 0 Å². The third-order valence-electron chi connectivity index (χ3n) is 2.68. The highest BCUT2D eigenvalue weighted by atomic mass is 32.2. The fourth-order valence-electron chi connectivity index (χ4n) is 1.87. The summed E-state index contributed by atoms with van der Waals surface area (Å²) in [5.74, 6) is 0.470. The quantitative estimate of drug-likeness (QED) is 0.834. The van der Waals surface area contributed by atoms with Gasteiger partial charge in [-0.3, -0.25) is 9.19 Å². The maximum atomic E-state index is 11.3. The van der Waals surface area contributed by atoms with Crippen LogP contribution in [0.4, 0.5) is 0 Å². The van der Waals surface area contributed by atoms with Crippen molar-refractivity contribution in [1.82, 2.24) is 4.98 Å². The monoisotopic (exact) mass is 249 g/mol. The number of aromatic nitrogens is 1. The standard InChI is InChI=1S/C13H15NO2S/c1-16-12(9-17(2)15)13-11-6-4-3-5-10(11)7-8-14-13/h3-8,12H,9H2,1-2H3. The molecule has 0 N–H and O–H groups in total. The van der Waals surface area contributed by atoms with E-state index in [0.717, 1.165) is 16.5 Å². The topological polar surface area (TPSA) is 39.2 Å². The number of hydrogen-bond acceptors (Lipinski definition) is 3. The predicted molar refractivity (Wildman–Crippen MR) is 70.4 cm³/mol. The van der Waals surface area contributed by atoms with Crippen molar-refractivity contribution in [3.8, 4) is 0 Å². The molecule has 0 aliphatic rings. The highest BCUT2D eigenvalue weighted by Crippen LogP contribution is 2.24. The zero-order valence-electron chi connectivity index (χ0n) is 9.92. The molecule has 0 aliphatic heterocycles. The summed E-state index contributed by atoms with van der Waals surface area (Å²) in [6, 6.07) is 9.99. The maximum absolute atomic E-state index is 11.3. The average molecular weight is 249 g/mol. The highest BCUT2D eigenvalue weighted by molar-refractivity contribution is 7.84. The van der Waals surface area contributed by atoms with Gasteiger partial charge >= 0.3 is 0 Å². The highest BCUT2D eigenvalue weighted by Gasteiger charge is 2.16. The van der Waals surface area contributed by atoms with Crippen molar-refractivity contribution in [2.75, 3.05) is 19.1 Å². The Hall–Kier alpha value is -1.26. The average Bonchev–Trinajstić information content (AvgIpc) is 2.35. The Kier molecular flexibility index (Phi) is 3.86. The second-order valence-electron chi connectivity index (χ2n) is 3.88. The van der Waals surface area contributed by atoms with Crippen LogP contribution in [-0.2, 0) is 15.5 Å². The van der Waals surface area contributed by atoms with Gasteiger partial charge in [-0.1, -0.05) is 24.3 Å². The van der Waals surface area contributed by atoms with Gasteiger partial charge in [0.05, 0.1) is 11.4 Å². The Labute approximate surface area is 103 Å². The number of pyridine rings is 1. The minimum Gasteiger partial charge on any atom is -0.374 e. The molecule has 2 rings (SSSR count). The lowest BCUT2D eigenvalue weighted by Gasteiger charge is -2.15. The SMILES string of the molecule is COC(CS(C)=O)c1nccc2ccccc12. The number of ether oxygens (including phenoxy) is 1. The minimum absolute atomic E-state index is 0.216. The molecule has 1 aromatic carbocycles. The maximum Gasteiger partial charge on any atom is 0.111 e. The molecular weight excluding hydrogens is 234 g/mol. The van der Waals surface area contributed by atoms with Gasteiger partial charge in [-0.25, -0.2) is 0 Å². The van der Waals surface area contributed by atoms with Crippen molar-refractivity contribution < 1.29 is 8.95 Å². The van der Waals surface area contributed by atoms with Gasteiger partial charge in [0.1, 0.15) is 6.10 Å². The number of benzene rings is 1. The van der Waals surface area contributed by atoms with E-state index in [2.05, 4.69) is 4.98 Å². The van der Waals surface area contributed by atoms with Crippen LogP contribution < -0.4 is 0 Å². The van der Waals surface area contributed by atoms with Crippen LogP contribution in [0, 0.1) is 0 Å². The summed E-state index contributed by atoms with van der Waals surface area (Å²) < 4.78 is 16.7. The first-order chi connectivity index (χ1) is 8.22. The van der Waals surface area contributed by atoms with Gasteiger partial charge in [0, 0.05) is 35.7 Å². The van der Waals surface area contributed by atoms with E-state index in [1.54, 1.807) is 19.6 Å². The molecule has 90 valence electrons. The lowest BCUT2D eigenvalue weighted by Crippen LogP contribution is -2.12. The molecule has 2 aromatic rings. The molecule has 1 aromatic heterocycles. The summed E-state index contributed by atoms with van der Waals surface area (Å²) in [5.41, 5.74) is 0.862. The van der Waals surface area contributed by atoms with Gasteiger partial charge in [0.15, 0.2) is 0 Å². The molecule has 4 heteroatoms. The summed E-state index contributed by atoms with van der Waals surface area (Å²) in [4.78, 5) is 4.37. The van der Waals surface area contributed by atoms with E-state index in [-0.39, 0.29) is 6.10 Å². The zero-order valence-corrected chi connectivity index (χ0v) is 10.7. The van der Waals surface area contributed by atoms with Gasteiger partial charge < -0.3 is 4.74 Å². The fraction of sp³-hybridized carbons (Fsp3) is 0.308. The molecule has 0 bridgehead atoms. The van der Waals surface area contributed by atoms with Crippen molar-refractivity contribution in [2.24, 2.45) is 0 Å². The van der Waals surface area contributed by atoms with E-state index in [1.165, 1.54) is 0 Å². The molecule has 17 heavy (non-hydrogen) atoms. The lowest BCUT2D eigenvalue weighted by molar-refractivity contribution is 0.120. The van der Waals surface area contributed by atoms with E-state index >= 15 is 0 Å². The van der Waals surface area contributed by atoms with Crippen molar-refractivity contribution in [3.05, 3.63) is 42.2 Å². The van der Waals surface area contributed by atoms with Crippen molar-refractivity contribution in [2.45, 2.75) is 6.10 Å². The molecule has 1 heterocycles. The van der Waals surface area contributed by atoms with Crippen LogP contribution in [0.25, 0.3) is 10.8 Å². The summed E-state index contributed by atoms with van der Waals surface area (Å²) in [6.07, 6.45) is 3.23.